The van der Waals surface area contributed by atoms with Crippen LogP contribution in [0, 0.1) is 0 Å². The summed E-state index contributed by atoms with van der Waals surface area (Å²) in [4.78, 5) is 13.0. The highest BCUT2D eigenvalue weighted by Crippen LogP contribution is 2.44. The molecule has 0 spiro atoms. The van der Waals surface area contributed by atoms with Crippen molar-refractivity contribution in [2.24, 2.45) is 5.73 Å². The Balaban J connectivity index is 2.13. The summed E-state index contributed by atoms with van der Waals surface area (Å²) in [6.45, 7) is 0. The lowest BCUT2D eigenvalue weighted by molar-refractivity contribution is 0.0925. The van der Waals surface area contributed by atoms with Gasteiger partial charge in [0, 0.05) is 13.4 Å². The Labute approximate surface area is 242 Å². The molecule has 36 heavy (non-hydrogen) atoms. The molecule has 3 rings (SSSR count). The van der Waals surface area contributed by atoms with Crippen LogP contribution in [-0.4, -0.2) is 33.1 Å². The molecule has 192 valence electrons. The highest BCUT2D eigenvalue weighted by atomic mass is 79.9. The smallest absolute Gasteiger partial charge is 0.296 e. The van der Waals surface area contributed by atoms with Gasteiger partial charge in [0.25, 0.3) is 16.0 Å². The number of nitrogens with one attached hydrogen (secondary N) is 1. The minimum atomic E-state index is -4.81. The molecule has 0 bridgehead atoms. The molecular formula is C23H20Br4N2O6S. The summed E-state index contributed by atoms with van der Waals surface area (Å²) in [5.74, 6) is 0.467. The Morgan fingerprint density at radius 1 is 0.833 bits per heavy atom. The fraction of sp³-hybridized carbons (Fsp3) is 0.174. The van der Waals surface area contributed by atoms with Gasteiger partial charge in [0.1, 0.15) is 16.4 Å². The Kier molecular flexibility index (Phi) is 9.63. The lowest BCUT2D eigenvalue weighted by Gasteiger charge is -2.27. The SMILES string of the molecule is COc1ccc([C@@H](N)[C@H](NC(=O)c2c(Br)c(Br)c(Br)c(Br)c2S(=O)(=O)O)c2ccc(OC)cc2)cc1. The maximum Gasteiger partial charge on any atom is 0.296 e. The van der Waals surface area contributed by atoms with Gasteiger partial charge in [-0.3, -0.25) is 9.35 Å². The number of halogens is 4. The number of amides is 1. The van der Waals surface area contributed by atoms with E-state index in [1.165, 1.54) is 7.11 Å². The molecule has 3 aromatic carbocycles. The van der Waals surface area contributed by atoms with Gasteiger partial charge in [-0.15, -0.1) is 0 Å². The first-order chi connectivity index (χ1) is 16.9. The Bertz CT molecular complexity index is 1380. The molecule has 0 fully saturated rings. The van der Waals surface area contributed by atoms with Crippen molar-refractivity contribution in [1.82, 2.24) is 5.32 Å². The number of hydrogen-bond acceptors (Lipinski definition) is 6. The standard InChI is InChI=1S/C23H20Br4N2O6S/c1-34-13-7-3-11(4-8-13)20(28)21(12-5-9-14(35-2)10-6-12)29-23(30)15-16(24)17(25)18(26)19(27)22(15)36(31,32)33/h3-10,20-21H,28H2,1-2H3,(H,29,30)(H,31,32,33)/t20-,21-/m1/s1. The van der Waals surface area contributed by atoms with Gasteiger partial charge in [0.2, 0.25) is 0 Å². The fourth-order valence-electron chi connectivity index (χ4n) is 3.48. The molecule has 8 nitrogen and oxygen atoms in total. The monoisotopic (exact) mass is 768 g/mol. The third kappa shape index (κ3) is 6.14. The second-order valence-corrected chi connectivity index (χ2v) is 12.0. The van der Waals surface area contributed by atoms with E-state index in [1.807, 2.05) is 0 Å². The predicted molar refractivity (Wildman–Crippen MR) is 150 cm³/mol. The average molecular weight is 772 g/mol. The minimum Gasteiger partial charge on any atom is -0.497 e. The fourth-order valence-corrected chi connectivity index (χ4v) is 7.44. The van der Waals surface area contributed by atoms with E-state index in [0.29, 0.717) is 31.6 Å². The van der Waals surface area contributed by atoms with Crippen molar-refractivity contribution in [3.05, 3.63) is 83.1 Å². The molecule has 3 aromatic rings. The predicted octanol–water partition coefficient (Wildman–Crippen LogP) is 6.17. The Morgan fingerprint density at radius 2 is 1.28 bits per heavy atom. The van der Waals surface area contributed by atoms with Crippen LogP contribution in [-0.2, 0) is 10.1 Å². The van der Waals surface area contributed by atoms with E-state index < -0.39 is 33.0 Å². The van der Waals surface area contributed by atoms with Crippen molar-refractivity contribution >= 4 is 79.7 Å². The van der Waals surface area contributed by atoms with Gasteiger partial charge in [-0.25, -0.2) is 0 Å². The zero-order chi connectivity index (χ0) is 26.8. The molecule has 0 aliphatic heterocycles. The quantitative estimate of drug-likeness (QED) is 0.142. The summed E-state index contributed by atoms with van der Waals surface area (Å²) in [5.41, 5.74) is 7.65. The topological polar surface area (TPSA) is 128 Å². The van der Waals surface area contributed by atoms with Crippen molar-refractivity contribution < 1.29 is 27.2 Å². The average Bonchev–Trinajstić information content (AvgIpc) is 2.86. The Morgan fingerprint density at radius 3 is 1.72 bits per heavy atom. The van der Waals surface area contributed by atoms with Crippen LogP contribution < -0.4 is 20.5 Å². The van der Waals surface area contributed by atoms with E-state index in [0.717, 1.165) is 0 Å². The van der Waals surface area contributed by atoms with Crippen LogP contribution in [0.3, 0.4) is 0 Å². The molecular weight excluding hydrogens is 752 g/mol. The summed E-state index contributed by atoms with van der Waals surface area (Å²) < 4.78 is 45.7. The summed E-state index contributed by atoms with van der Waals surface area (Å²) >= 11 is 13.0. The van der Waals surface area contributed by atoms with Crippen LogP contribution in [0.15, 0.2) is 71.3 Å². The number of nitrogens with two attached hydrogens (primary N) is 1. The van der Waals surface area contributed by atoms with E-state index in [2.05, 4.69) is 69.0 Å². The van der Waals surface area contributed by atoms with E-state index in [-0.39, 0.29) is 14.5 Å². The summed E-state index contributed by atoms with van der Waals surface area (Å²) in [7, 11) is -1.72. The van der Waals surface area contributed by atoms with E-state index in [9.17, 15) is 17.8 Å². The maximum absolute atomic E-state index is 13.6. The number of methoxy groups -OCH3 is 2. The Hall–Kier alpha value is -1.48. The van der Waals surface area contributed by atoms with Crippen LogP contribution in [0.1, 0.15) is 33.6 Å². The molecule has 2 atom stereocenters. The normalized spacial score (nSPS) is 13.1. The first kappa shape index (κ1) is 29.1. The van der Waals surface area contributed by atoms with E-state index in [4.69, 9.17) is 15.2 Å². The van der Waals surface area contributed by atoms with Crippen molar-refractivity contribution in [3.8, 4) is 11.5 Å². The molecule has 0 aliphatic rings. The molecule has 1 amide bonds. The number of ether oxygens (including phenoxy) is 2. The molecule has 0 saturated heterocycles. The summed E-state index contributed by atoms with van der Waals surface area (Å²) in [5, 5.41) is 2.84. The molecule has 0 heterocycles. The minimum absolute atomic E-state index is 0.0225. The zero-order valence-electron chi connectivity index (χ0n) is 18.8. The highest BCUT2D eigenvalue weighted by Gasteiger charge is 2.33. The maximum atomic E-state index is 13.6. The van der Waals surface area contributed by atoms with Crippen LogP contribution >= 0.6 is 63.7 Å². The lowest BCUT2D eigenvalue weighted by Crippen LogP contribution is -2.37. The highest BCUT2D eigenvalue weighted by molar-refractivity contribution is 9.15. The molecule has 0 aromatic heterocycles. The van der Waals surface area contributed by atoms with Gasteiger partial charge in [0.15, 0.2) is 0 Å². The van der Waals surface area contributed by atoms with Crippen molar-refractivity contribution in [3.63, 3.8) is 0 Å². The summed E-state index contributed by atoms with van der Waals surface area (Å²) in [6, 6.07) is 12.5. The largest absolute Gasteiger partial charge is 0.497 e. The van der Waals surface area contributed by atoms with Gasteiger partial charge in [-0.2, -0.15) is 8.42 Å². The molecule has 0 aliphatic carbocycles. The van der Waals surface area contributed by atoms with Crippen molar-refractivity contribution in [1.29, 1.82) is 0 Å². The zero-order valence-corrected chi connectivity index (χ0v) is 25.9. The molecule has 0 unspecified atom stereocenters. The number of carbonyl (C=O) groups excluding carboxylic acids is 1. The van der Waals surface area contributed by atoms with Crippen LogP contribution in [0.4, 0.5) is 0 Å². The van der Waals surface area contributed by atoms with Crippen LogP contribution in [0.25, 0.3) is 0 Å². The molecule has 0 saturated carbocycles. The van der Waals surface area contributed by atoms with Crippen LogP contribution in [0.5, 0.6) is 11.5 Å². The molecule has 4 N–H and O–H groups in total. The molecule has 0 radical (unpaired) electrons. The first-order valence-electron chi connectivity index (χ1n) is 10.1. The second-order valence-electron chi connectivity index (χ2n) is 7.46. The number of carbonyl (C=O) groups is 1. The van der Waals surface area contributed by atoms with Crippen molar-refractivity contribution in [2.75, 3.05) is 14.2 Å². The van der Waals surface area contributed by atoms with Gasteiger partial charge < -0.3 is 20.5 Å². The third-order valence-corrected chi connectivity index (χ3v) is 11.3. The summed E-state index contributed by atoms with van der Waals surface area (Å²) in [6.07, 6.45) is 0. The third-order valence-electron chi connectivity index (χ3n) is 5.33. The number of rotatable bonds is 8. The van der Waals surface area contributed by atoms with Crippen molar-refractivity contribution in [2.45, 2.75) is 17.0 Å². The van der Waals surface area contributed by atoms with Gasteiger partial charge in [-0.1, -0.05) is 24.3 Å². The van der Waals surface area contributed by atoms with Gasteiger partial charge in [0.05, 0.1) is 36.3 Å². The first-order valence-corrected chi connectivity index (χ1v) is 14.7. The number of hydrogen-bond donors (Lipinski definition) is 3. The van der Waals surface area contributed by atoms with Gasteiger partial charge >= 0.3 is 0 Å². The molecule has 13 heteroatoms. The number of benzene rings is 3. The van der Waals surface area contributed by atoms with E-state index in [1.54, 1.807) is 55.6 Å². The van der Waals surface area contributed by atoms with E-state index >= 15 is 0 Å². The van der Waals surface area contributed by atoms with Crippen LogP contribution in [0.2, 0.25) is 0 Å². The second kappa shape index (κ2) is 11.9. The van der Waals surface area contributed by atoms with Gasteiger partial charge in [-0.05, 0) is 99.1 Å². The lowest BCUT2D eigenvalue weighted by atomic mass is 9.93.